The van der Waals surface area contributed by atoms with E-state index in [1.165, 1.54) is 0 Å². The van der Waals surface area contributed by atoms with Crippen LogP contribution in [0.5, 0.6) is 0 Å². The van der Waals surface area contributed by atoms with Gasteiger partial charge in [0.2, 0.25) is 5.91 Å². The molecule has 1 amide bonds. The topological polar surface area (TPSA) is 67.2 Å². The van der Waals surface area contributed by atoms with Crippen LogP contribution in [0.25, 0.3) is 11.4 Å². The van der Waals surface area contributed by atoms with Gasteiger partial charge in [0.15, 0.2) is 5.82 Å². The number of nitrogens with zero attached hydrogens (tertiary/aromatic N) is 6. The molecule has 0 atom stereocenters. The summed E-state index contributed by atoms with van der Waals surface area (Å²) in [4.78, 5) is 24.2. The summed E-state index contributed by atoms with van der Waals surface area (Å²) < 4.78 is 1.66. The SMILES string of the molecule is Cn1cnc(-c2ccc(N3CCN(C(=O)CCl)CC3)nc2)n1. The molecule has 1 saturated heterocycles. The van der Waals surface area contributed by atoms with Gasteiger partial charge in [-0.3, -0.25) is 9.48 Å². The zero-order valence-electron chi connectivity index (χ0n) is 12.3. The van der Waals surface area contributed by atoms with Crippen molar-refractivity contribution in [3.05, 3.63) is 24.7 Å². The molecular formula is C14H17ClN6O. The lowest BCUT2D eigenvalue weighted by Gasteiger charge is -2.35. The maximum absolute atomic E-state index is 11.6. The number of rotatable bonds is 3. The second kappa shape index (κ2) is 6.31. The standard InChI is InChI=1S/C14H17ClN6O/c1-19-10-17-14(18-19)11-2-3-12(16-9-11)20-4-6-21(7-5-20)13(22)8-15/h2-3,9-10H,4-8H2,1H3. The zero-order chi connectivity index (χ0) is 15.5. The fourth-order valence-corrected chi connectivity index (χ4v) is 2.62. The Kier molecular flexibility index (Phi) is 4.24. The number of anilines is 1. The predicted octanol–water partition coefficient (Wildman–Crippen LogP) is 0.764. The van der Waals surface area contributed by atoms with Crippen molar-refractivity contribution in [3.63, 3.8) is 0 Å². The van der Waals surface area contributed by atoms with Crippen LogP contribution >= 0.6 is 11.6 Å². The third-order valence-corrected chi connectivity index (χ3v) is 3.90. The van der Waals surface area contributed by atoms with Crippen molar-refractivity contribution < 1.29 is 4.79 Å². The number of aryl methyl sites for hydroxylation is 1. The van der Waals surface area contributed by atoms with Crippen LogP contribution in [0.15, 0.2) is 24.7 Å². The zero-order valence-corrected chi connectivity index (χ0v) is 13.1. The minimum absolute atomic E-state index is 0.00847. The smallest absolute Gasteiger partial charge is 0.237 e. The molecule has 0 unspecified atom stereocenters. The highest BCUT2D eigenvalue weighted by atomic mass is 35.5. The molecule has 1 aliphatic heterocycles. The summed E-state index contributed by atoms with van der Waals surface area (Å²) in [6.45, 7) is 2.88. The molecule has 0 bridgehead atoms. The summed E-state index contributed by atoms with van der Waals surface area (Å²) >= 11 is 5.59. The fourth-order valence-electron chi connectivity index (χ4n) is 2.45. The van der Waals surface area contributed by atoms with Gasteiger partial charge in [-0.15, -0.1) is 11.6 Å². The average molecular weight is 321 g/mol. The lowest BCUT2D eigenvalue weighted by atomic mass is 10.2. The number of alkyl halides is 1. The number of hydrogen-bond acceptors (Lipinski definition) is 5. The summed E-state index contributed by atoms with van der Waals surface area (Å²) in [6, 6.07) is 3.93. The molecule has 8 heteroatoms. The fraction of sp³-hybridized carbons (Fsp3) is 0.429. The number of carbonyl (C=O) groups is 1. The van der Waals surface area contributed by atoms with E-state index in [2.05, 4.69) is 20.0 Å². The maximum Gasteiger partial charge on any atom is 0.237 e. The van der Waals surface area contributed by atoms with Gasteiger partial charge < -0.3 is 9.80 Å². The van der Waals surface area contributed by atoms with Crippen LogP contribution < -0.4 is 4.90 Å². The number of pyridine rings is 1. The van der Waals surface area contributed by atoms with Crippen molar-refractivity contribution in [1.29, 1.82) is 0 Å². The van der Waals surface area contributed by atoms with E-state index in [1.54, 1.807) is 22.1 Å². The Labute approximate surface area is 133 Å². The lowest BCUT2D eigenvalue weighted by Crippen LogP contribution is -2.49. The molecule has 7 nitrogen and oxygen atoms in total. The third kappa shape index (κ3) is 3.04. The molecule has 0 aliphatic carbocycles. The van der Waals surface area contributed by atoms with E-state index >= 15 is 0 Å². The molecule has 1 fully saturated rings. The molecule has 22 heavy (non-hydrogen) atoms. The Morgan fingerprint density at radius 1 is 1.23 bits per heavy atom. The van der Waals surface area contributed by atoms with Gasteiger partial charge in [-0.25, -0.2) is 9.97 Å². The van der Waals surface area contributed by atoms with Crippen LogP contribution in [0, 0.1) is 0 Å². The largest absolute Gasteiger partial charge is 0.353 e. The Morgan fingerprint density at radius 2 is 2.00 bits per heavy atom. The van der Waals surface area contributed by atoms with Gasteiger partial charge in [-0.2, -0.15) is 5.10 Å². The van der Waals surface area contributed by atoms with Gasteiger partial charge in [0.1, 0.15) is 18.0 Å². The number of hydrogen-bond donors (Lipinski definition) is 0. The Bertz CT molecular complexity index is 648. The maximum atomic E-state index is 11.6. The molecule has 116 valence electrons. The van der Waals surface area contributed by atoms with Crippen LogP contribution in [-0.4, -0.2) is 62.6 Å². The second-order valence-corrected chi connectivity index (χ2v) is 5.42. The van der Waals surface area contributed by atoms with Gasteiger partial charge in [0.25, 0.3) is 0 Å². The lowest BCUT2D eigenvalue weighted by molar-refractivity contribution is -0.128. The second-order valence-electron chi connectivity index (χ2n) is 5.15. The molecule has 2 aromatic rings. The van der Waals surface area contributed by atoms with Gasteiger partial charge >= 0.3 is 0 Å². The van der Waals surface area contributed by atoms with Crippen molar-refractivity contribution in [2.45, 2.75) is 0 Å². The number of piperazine rings is 1. The minimum atomic E-state index is -0.00847. The highest BCUT2D eigenvalue weighted by Gasteiger charge is 2.21. The van der Waals surface area contributed by atoms with E-state index in [9.17, 15) is 4.79 Å². The summed E-state index contributed by atoms with van der Waals surface area (Å²) in [5.74, 6) is 1.60. The van der Waals surface area contributed by atoms with Crippen LogP contribution in [0.1, 0.15) is 0 Å². The van der Waals surface area contributed by atoms with Crippen LogP contribution in [-0.2, 0) is 11.8 Å². The molecule has 0 N–H and O–H groups in total. The third-order valence-electron chi connectivity index (χ3n) is 3.68. The first-order valence-electron chi connectivity index (χ1n) is 7.08. The van der Waals surface area contributed by atoms with E-state index in [4.69, 9.17) is 11.6 Å². The summed E-state index contributed by atoms with van der Waals surface area (Å²) in [5.41, 5.74) is 0.889. The van der Waals surface area contributed by atoms with Crippen molar-refractivity contribution in [2.75, 3.05) is 37.0 Å². The number of halogens is 1. The average Bonchev–Trinajstić information content (AvgIpc) is 3.01. The first-order valence-corrected chi connectivity index (χ1v) is 7.61. The summed E-state index contributed by atoms with van der Waals surface area (Å²) in [5, 5.41) is 4.26. The molecule has 3 rings (SSSR count). The molecule has 1 aliphatic rings. The number of aromatic nitrogens is 4. The Morgan fingerprint density at radius 3 is 2.55 bits per heavy atom. The number of amides is 1. The molecule has 0 saturated carbocycles. The minimum Gasteiger partial charge on any atom is -0.353 e. The Hall–Kier alpha value is -2.15. The highest BCUT2D eigenvalue weighted by molar-refractivity contribution is 6.27. The molecule has 0 radical (unpaired) electrons. The predicted molar refractivity (Wildman–Crippen MR) is 83.7 cm³/mol. The van der Waals surface area contributed by atoms with E-state index in [0.717, 1.165) is 24.5 Å². The first kappa shape index (κ1) is 14.8. The number of carbonyl (C=O) groups excluding carboxylic acids is 1. The molecule has 3 heterocycles. The quantitative estimate of drug-likeness (QED) is 0.781. The molecule has 0 spiro atoms. The van der Waals surface area contributed by atoms with E-state index in [1.807, 2.05) is 19.2 Å². The van der Waals surface area contributed by atoms with Crippen molar-refractivity contribution in [2.24, 2.45) is 7.05 Å². The van der Waals surface area contributed by atoms with Gasteiger partial charge in [0.05, 0.1) is 0 Å². The summed E-state index contributed by atoms with van der Waals surface area (Å²) in [7, 11) is 1.83. The monoisotopic (exact) mass is 320 g/mol. The van der Waals surface area contributed by atoms with Crippen molar-refractivity contribution >= 4 is 23.3 Å². The van der Waals surface area contributed by atoms with E-state index < -0.39 is 0 Å². The Balaban J connectivity index is 1.65. The van der Waals surface area contributed by atoms with Crippen LogP contribution in [0.3, 0.4) is 0 Å². The summed E-state index contributed by atoms with van der Waals surface area (Å²) in [6.07, 6.45) is 3.44. The highest BCUT2D eigenvalue weighted by Crippen LogP contribution is 2.18. The molecule has 2 aromatic heterocycles. The van der Waals surface area contributed by atoms with Gasteiger partial charge in [0, 0.05) is 45.0 Å². The van der Waals surface area contributed by atoms with Crippen LogP contribution in [0.4, 0.5) is 5.82 Å². The first-order chi connectivity index (χ1) is 10.7. The van der Waals surface area contributed by atoms with Gasteiger partial charge in [-0.05, 0) is 12.1 Å². The van der Waals surface area contributed by atoms with Gasteiger partial charge in [-0.1, -0.05) is 0 Å². The van der Waals surface area contributed by atoms with E-state index in [-0.39, 0.29) is 11.8 Å². The van der Waals surface area contributed by atoms with Crippen molar-refractivity contribution in [3.8, 4) is 11.4 Å². The van der Waals surface area contributed by atoms with Crippen LogP contribution in [0.2, 0.25) is 0 Å². The normalized spacial score (nSPS) is 15.2. The molecular weight excluding hydrogens is 304 g/mol. The van der Waals surface area contributed by atoms with Crippen molar-refractivity contribution in [1.82, 2.24) is 24.6 Å². The van der Waals surface area contributed by atoms with E-state index in [0.29, 0.717) is 18.9 Å². The molecule has 0 aromatic carbocycles.